The van der Waals surface area contributed by atoms with Gasteiger partial charge in [-0.2, -0.15) is 5.26 Å². The van der Waals surface area contributed by atoms with Gasteiger partial charge in [-0.05, 0) is 48.1 Å². The summed E-state index contributed by atoms with van der Waals surface area (Å²) in [7, 11) is 0. The van der Waals surface area contributed by atoms with E-state index in [4.69, 9.17) is 10.00 Å². The molecule has 0 bridgehead atoms. The van der Waals surface area contributed by atoms with Gasteiger partial charge in [-0.15, -0.1) is 22.7 Å². The summed E-state index contributed by atoms with van der Waals surface area (Å²) in [4.78, 5) is 24.9. The maximum atomic E-state index is 12.3. The molecule has 0 spiro atoms. The molecule has 0 radical (unpaired) electrons. The van der Waals surface area contributed by atoms with Gasteiger partial charge in [0.05, 0.1) is 15.6 Å². The van der Waals surface area contributed by atoms with Crippen LogP contribution in [0.5, 0.6) is 0 Å². The van der Waals surface area contributed by atoms with E-state index in [2.05, 4.69) is 27.9 Å². The van der Waals surface area contributed by atoms with Gasteiger partial charge >= 0.3 is 5.97 Å². The molecule has 0 saturated carbocycles. The molecule has 0 unspecified atom stereocenters. The van der Waals surface area contributed by atoms with Gasteiger partial charge in [0.2, 0.25) is 5.91 Å². The van der Waals surface area contributed by atoms with Crippen LogP contribution in [0, 0.1) is 21.1 Å². The Kier molecular flexibility index (Phi) is 6.15. The van der Waals surface area contributed by atoms with E-state index >= 15 is 0 Å². The first-order valence-corrected chi connectivity index (χ1v) is 9.47. The molecule has 2 aromatic heterocycles. The van der Waals surface area contributed by atoms with Crippen molar-refractivity contribution < 1.29 is 14.3 Å². The molecule has 23 heavy (non-hydrogen) atoms. The summed E-state index contributed by atoms with van der Waals surface area (Å²) in [6.45, 7) is 3.99. The average Bonchev–Trinajstić information content (AvgIpc) is 3.04. The van der Waals surface area contributed by atoms with Crippen molar-refractivity contribution in [2.45, 2.75) is 20.3 Å². The number of amides is 1. The minimum Gasteiger partial charge on any atom is -0.462 e. The minimum absolute atomic E-state index is 0.251. The Morgan fingerprint density at radius 3 is 2.78 bits per heavy atom. The van der Waals surface area contributed by atoms with Crippen LogP contribution in [0.4, 0.5) is 5.00 Å². The smallest absolute Gasteiger partial charge is 0.341 e. The summed E-state index contributed by atoms with van der Waals surface area (Å²) in [5.74, 6) is -0.916. The van der Waals surface area contributed by atoms with Crippen molar-refractivity contribution in [2.24, 2.45) is 0 Å². The van der Waals surface area contributed by atoms with E-state index in [1.807, 2.05) is 18.4 Å². The highest BCUT2D eigenvalue weighted by atomic mass is 127. The van der Waals surface area contributed by atoms with Crippen LogP contribution in [-0.4, -0.2) is 18.5 Å². The summed E-state index contributed by atoms with van der Waals surface area (Å²) < 4.78 is 6.27. The van der Waals surface area contributed by atoms with E-state index in [-0.39, 0.29) is 13.0 Å². The predicted molar refractivity (Wildman–Crippen MR) is 99.9 cm³/mol. The summed E-state index contributed by atoms with van der Waals surface area (Å²) in [5.41, 5.74) is 2.24. The van der Waals surface area contributed by atoms with Gasteiger partial charge in [0, 0.05) is 15.8 Å². The first-order valence-electron chi connectivity index (χ1n) is 6.69. The number of aryl methyl sites for hydroxylation is 1. The fourth-order valence-electron chi connectivity index (χ4n) is 1.87. The summed E-state index contributed by atoms with van der Waals surface area (Å²) in [6.07, 6.45) is -0.258. The number of nitriles is 1. The van der Waals surface area contributed by atoms with Crippen molar-refractivity contribution in [2.75, 3.05) is 11.9 Å². The fraction of sp³-hybridized carbons (Fsp3) is 0.267. The predicted octanol–water partition coefficient (Wildman–Crippen LogP) is 4.42. The van der Waals surface area contributed by atoms with Crippen LogP contribution in [-0.2, 0) is 9.53 Å². The number of anilines is 1. The van der Waals surface area contributed by atoms with Crippen molar-refractivity contribution in [3.63, 3.8) is 0 Å². The molecule has 0 fully saturated rings. The van der Waals surface area contributed by atoms with Gasteiger partial charge in [-0.3, -0.25) is 4.79 Å². The van der Waals surface area contributed by atoms with Crippen LogP contribution in [0.25, 0.3) is 10.4 Å². The van der Waals surface area contributed by atoms with Gasteiger partial charge in [0.25, 0.3) is 0 Å². The Morgan fingerprint density at radius 1 is 1.48 bits per heavy atom. The molecule has 1 amide bonds. The third-order valence-electron chi connectivity index (χ3n) is 2.89. The van der Waals surface area contributed by atoms with E-state index in [1.165, 1.54) is 11.3 Å². The topological polar surface area (TPSA) is 79.2 Å². The first kappa shape index (κ1) is 17.9. The van der Waals surface area contributed by atoms with Crippen molar-refractivity contribution in [3.8, 4) is 16.5 Å². The number of esters is 1. The lowest BCUT2D eigenvalue weighted by molar-refractivity contribution is -0.115. The van der Waals surface area contributed by atoms with Crippen LogP contribution in [0.2, 0.25) is 0 Å². The maximum Gasteiger partial charge on any atom is 0.341 e. The van der Waals surface area contributed by atoms with Gasteiger partial charge in [-0.1, -0.05) is 0 Å². The monoisotopic (exact) mass is 460 g/mol. The zero-order valence-electron chi connectivity index (χ0n) is 12.4. The molecule has 5 nitrogen and oxygen atoms in total. The first-order chi connectivity index (χ1) is 11.0. The molecule has 0 aliphatic carbocycles. The Bertz CT molecular complexity index is 770. The number of carbonyl (C=O) groups is 2. The van der Waals surface area contributed by atoms with Crippen molar-refractivity contribution in [1.82, 2.24) is 0 Å². The lowest BCUT2D eigenvalue weighted by Crippen LogP contribution is -2.13. The number of nitrogens with one attached hydrogen (secondary N) is 1. The quantitative estimate of drug-likeness (QED) is 0.530. The summed E-state index contributed by atoms with van der Waals surface area (Å²) >= 11 is 5.09. The SMILES string of the molecule is CCOC(=O)c1c(-c2cc(C)c(I)s2)csc1NC(=O)CC#N. The number of ether oxygens (including phenoxy) is 1. The van der Waals surface area contributed by atoms with Gasteiger partial charge in [-0.25, -0.2) is 4.79 Å². The molecule has 8 heteroatoms. The highest BCUT2D eigenvalue weighted by Crippen LogP contribution is 2.40. The number of nitrogens with zero attached hydrogens (tertiary/aromatic N) is 1. The number of thiophene rings is 2. The van der Waals surface area contributed by atoms with Crippen LogP contribution in [0.1, 0.15) is 29.3 Å². The van der Waals surface area contributed by atoms with E-state index in [0.29, 0.717) is 10.6 Å². The van der Waals surface area contributed by atoms with Gasteiger partial charge < -0.3 is 10.1 Å². The number of hydrogen-bond donors (Lipinski definition) is 1. The molecule has 0 aliphatic heterocycles. The number of carbonyl (C=O) groups excluding carboxylic acids is 2. The third kappa shape index (κ3) is 4.10. The van der Waals surface area contributed by atoms with Crippen LogP contribution >= 0.6 is 45.3 Å². The molecular weight excluding hydrogens is 447 g/mol. The number of halogens is 1. The zero-order chi connectivity index (χ0) is 17.0. The summed E-state index contributed by atoms with van der Waals surface area (Å²) in [5, 5.41) is 13.5. The lowest BCUT2D eigenvalue weighted by Gasteiger charge is -2.07. The minimum atomic E-state index is -0.475. The Hall–Kier alpha value is -1.44. The Morgan fingerprint density at radius 2 is 2.22 bits per heavy atom. The Balaban J connectivity index is 2.46. The highest BCUT2D eigenvalue weighted by molar-refractivity contribution is 14.1. The molecule has 120 valence electrons. The molecule has 2 aromatic rings. The van der Waals surface area contributed by atoms with Crippen molar-refractivity contribution in [3.05, 3.63) is 25.5 Å². The van der Waals surface area contributed by atoms with Crippen LogP contribution in [0.3, 0.4) is 0 Å². The van der Waals surface area contributed by atoms with Crippen molar-refractivity contribution >= 4 is 62.1 Å². The van der Waals surface area contributed by atoms with E-state index in [1.54, 1.807) is 24.3 Å². The molecule has 0 aliphatic rings. The number of hydrogen-bond acceptors (Lipinski definition) is 6. The van der Waals surface area contributed by atoms with E-state index < -0.39 is 11.9 Å². The average molecular weight is 460 g/mol. The second-order valence-electron chi connectivity index (χ2n) is 4.52. The zero-order valence-corrected chi connectivity index (χ0v) is 16.2. The second-order valence-corrected chi connectivity index (χ2v) is 8.27. The normalized spacial score (nSPS) is 10.2. The largest absolute Gasteiger partial charge is 0.462 e. The molecule has 0 atom stereocenters. The van der Waals surface area contributed by atoms with E-state index in [0.717, 1.165) is 18.9 Å². The molecule has 1 N–H and O–H groups in total. The van der Waals surface area contributed by atoms with Crippen molar-refractivity contribution in [1.29, 1.82) is 5.26 Å². The molecule has 0 aromatic carbocycles. The van der Waals surface area contributed by atoms with E-state index in [9.17, 15) is 9.59 Å². The maximum absolute atomic E-state index is 12.3. The molecule has 0 saturated heterocycles. The lowest BCUT2D eigenvalue weighted by atomic mass is 10.1. The van der Waals surface area contributed by atoms with Crippen LogP contribution < -0.4 is 5.32 Å². The highest BCUT2D eigenvalue weighted by Gasteiger charge is 2.24. The molecule has 2 rings (SSSR count). The second kappa shape index (κ2) is 7.90. The van der Waals surface area contributed by atoms with Gasteiger partial charge in [0.1, 0.15) is 17.0 Å². The molecule has 2 heterocycles. The van der Waals surface area contributed by atoms with Crippen LogP contribution in [0.15, 0.2) is 11.4 Å². The summed E-state index contributed by atoms with van der Waals surface area (Å²) in [6, 6.07) is 3.80. The molecular formula is C15H13IN2O3S2. The fourth-order valence-corrected chi connectivity index (χ4v) is 4.70. The Labute approximate surface area is 155 Å². The third-order valence-corrected chi connectivity index (χ3v) is 6.35. The number of rotatable bonds is 5. The standard InChI is InChI=1S/C15H13IN2O3S2/c1-3-21-15(20)12-9(10-6-8(2)13(16)23-10)7-22-14(12)18-11(19)4-5-17/h6-7H,3-4H2,1-2H3,(H,18,19). The van der Waals surface area contributed by atoms with Gasteiger partial charge in [0.15, 0.2) is 0 Å².